The van der Waals surface area contributed by atoms with E-state index in [4.69, 9.17) is 23.2 Å². The monoisotopic (exact) mass is 414 g/mol. The molecule has 2 aromatic rings. The fourth-order valence-corrected chi connectivity index (χ4v) is 4.21. The van der Waals surface area contributed by atoms with Gasteiger partial charge in [-0.2, -0.15) is 0 Å². The second-order valence-electron chi connectivity index (χ2n) is 3.35. The van der Waals surface area contributed by atoms with Gasteiger partial charge < -0.3 is 5.11 Å². The molecule has 1 heterocycles. The molecule has 0 spiro atoms. The number of benzene rings is 1. The van der Waals surface area contributed by atoms with Gasteiger partial charge in [0.1, 0.15) is 10.4 Å². The highest BCUT2D eigenvalue weighted by molar-refractivity contribution is 9.11. The smallest absolute Gasteiger partial charge is 0.107 e. The van der Waals surface area contributed by atoms with Gasteiger partial charge in [0.25, 0.3) is 0 Å². The van der Waals surface area contributed by atoms with Crippen molar-refractivity contribution in [1.29, 1.82) is 0 Å². The van der Waals surface area contributed by atoms with Crippen LogP contribution in [-0.2, 0) is 0 Å². The molecular formula is C11H6Br2Cl2OS. The summed E-state index contributed by atoms with van der Waals surface area (Å²) in [6.07, 6.45) is -0.784. The number of hydrogen-bond donors (Lipinski definition) is 1. The average molecular weight is 417 g/mol. The van der Waals surface area contributed by atoms with Crippen molar-refractivity contribution >= 4 is 66.4 Å². The van der Waals surface area contributed by atoms with E-state index >= 15 is 0 Å². The molecule has 0 aliphatic carbocycles. The summed E-state index contributed by atoms with van der Waals surface area (Å²) in [4.78, 5) is 0. The van der Waals surface area contributed by atoms with E-state index in [1.807, 2.05) is 18.2 Å². The van der Waals surface area contributed by atoms with E-state index < -0.39 is 6.10 Å². The zero-order valence-electron chi connectivity index (χ0n) is 8.25. The van der Waals surface area contributed by atoms with E-state index in [2.05, 4.69) is 31.9 Å². The van der Waals surface area contributed by atoms with Crippen LogP contribution in [0.1, 0.15) is 17.2 Å². The maximum Gasteiger partial charge on any atom is 0.107 e. The van der Waals surface area contributed by atoms with E-state index in [0.717, 1.165) is 14.5 Å². The molecule has 1 aromatic heterocycles. The van der Waals surface area contributed by atoms with Crippen molar-refractivity contribution in [2.24, 2.45) is 0 Å². The van der Waals surface area contributed by atoms with Crippen LogP contribution in [0.2, 0.25) is 8.67 Å². The second kappa shape index (κ2) is 5.59. The van der Waals surface area contributed by atoms with Crippen molar-refractivity contribution in [3.8, 4) is 0 Å². The highest BCUT2D eigenvalue weighted by Crippen LogP contribution is 2.39. The molecule has 1 N–H and O–H groups in total. The first-order chi connectivity index (χ1) is 7.99. The van der Waals surface area contributed by atoms with Gasteiger partial charge in [-0.3, -0.25) is 0 Å². The fraction of sp³-hybridized carbons (Fsp3) is 0.0909. The number of aliphatic hydroxyl groups is 1. The molecule has 0 aliphatic rings. The van der Waals surface area contributed by atoms with Crippen molar-refractivity contribution in [1.82, 2.24) is 0 Å². The van der Waals surface area contributed by atoms with Crippen molar-refractivity contribution in [3.63, 3.8) is 0 Å². The summed E-state index contributed by atoms with van der Waals surface area (Å²) >= 11 is 19.9. The highest BCUT2D eigenvalue weighted by atomic mass is 79.9. The van der Waals surface area contributed by atoms with Gasteiger partial charge >= 0.3 is 0 Å². The fourth-order valence-electron chi connectivity index (χ4n) is 1.43. The molecule has 0 saturated carbocycles. The summed E-state index contributed by atoms with van der Waals surface area (Å²) in [5, 5.41) is 10.3. The van der Waals surface area contributed by atoms with Crippen molar-refractivity contribution in [3.05, 3.63) is 53.0 Å². The Labute approximate surface area is 130 Å². The molecule has 2 rings (SSSR count). The lowest BCUT2D eigenvalue weighted by Gasteiger charge is -2.12. The normalized spacial score (nSPS) is 12.8. The van der Waals surface area contributed by atoms with Gasteiger partial charge in [-0.25, -0.2) is 0 Å². The third kappa shape index (κ3) is 3.06. The predicted octanol–water partition coefficient (Wildman–Crippen LogP) is 5.66. The van der Waals surface area contributed by atoms with Crippen LogP contribution < -0.4 is 0 Å². The first-order valence-electron chi connectivity index (χ1n) is 4.57. The molecule has 0 aliphatic heterocycles. The molecule has 0 bridgehead atoms. The van der Waals surface area contributed by atoms with Gasteiger partial charge in [0.05, 0.1) is 4.34 Å². The van der Waals surface area contributed by atoms with Crippen LogP contribution in [0.15, 0.2) is 33.2 Å². The summed E-state index contributed by atoms with van der Waals surface area (Å²) in [5.74, 6) is 0. The third-order valence-electron chi connectivity index (χ3n) is 2.23. The number of aliphatic hydroxyl groups excluding tert-OH is 1. The van der Waals surface area contributed by atoms with Gasteiger partial charge in [0, 0.05) is 14.5 Å². The maximum atomic E-state index is 10.3. The SMILES string of the molecule is OC(c1ccc(Br)cc1Br)c1cc(Cl)sc1Cl. The van der Waals surface area contributed by atoms with Crippen molar-refractivity contribution < 1.29 is 5.11 Å². The zero-order chi connectivity index (χ0) is 12.6. The summed E-state index contributed by atoms with van der Waals surface area (Å²) in [5.41, 5.74) is 1.38. The minimum absolute atomic E-state index is 0.511. The molecule has 1 nitrogen and oxygen atoms in total. The summed E-state index contributed by atoms with van der Waals surface area (Å²) in [6, 6.07) is 7.26. The molecule has 1 aromatic carbocycles. The second-order valence-corrected chi connectivity index (χ2v) is 7.40. The minimum atomic E-state index is -0.784. The molecule has 90 valence electrons. The Morgan fingerprint density at radius 3 is 2.35 bits per heavy atom. The Bertz CT molecular complexity index is 556. The Morgan fingerprint density at radius 2 is 1.82 bits per heavy atom. The molecule has 0 amide bonds. The average Bonchev–Trinajstić information content (AvgIpc) is 2.57. The molecule has 1 atom stereocenters. The van der Waals surface area contributed by atoms with Gasteiger partial charge in [-0.05, 0) is 23.8 Å². The van der Waals surface area contributed by atoms with Gasteiger partial charge in [0.15, 0.2) is 0 Å². The number of hydrogen-bond acceptors (Lipinski definition) is 2. The topological polar surface area (TPSA) is 20.2 Å². The first kappa shape index (κ1) is 13.8. The van der Waals surface area contributed by atoms with E-state index in [-0.39, 0.29) is 0 Å². The van der Waals surface area contributed by atoms with Gasteiger partial charge in [0.2, 0.25) is 0 Å². The number of halogens is 4. The van der Waals surface area contributed by atoms with Crippen LogP contribution in [0.4, 0.5) is 0 Å². The maximum absolute atomic E-state index is 10.3. The Kier molecular flexibility index (Phi) is 4.55. The van der Waals surface area contributed by atoms with E-state index in [1.165, 1.54) is 11.3 Å². The zero-order valence-corrected chi connectivity index (χ0v) is 13.8. The molecule has 0 radical (unpaired) electrons. The largest absolute Gasteiger partial charge is 0.384 e. The standard InChI is InChI=1S/C11H6Br2Cl2OS/c12-5-1-2-6(8(13)3-5)10(16)7-4-9(14)17-11(7)15/h1-4,10,16H. The third-order valence-corrected chi connectivity index (χ3v) is 4.93. The number of thiophene rings is 1. The lowest BCUT2D eigenvalue weighted by molar-refractivity contribution is 0.220. The Hall–Kier alpha value is 0.420. The molecular weight excluding hydrogens is 411 g/mol. The number of rotatable bonds is 2. The van der Waals surface area contributed by atoms with Crippen LogP contribution in [0, 0.1) is 0 Å². The predicted molar refractivity (Wildman–Crippen MR) is 80.2 cm³/mol. The van der Waals surface area contributed by atoms with E-state index in [1.54, 1.807) is 6.07 Å². The van der Waals surface area contributed by atoms with Crippen LogP contribution in [-0.4, -0.2) is 5.11 Å². The summed E-state index contributed by atoms with van der Waals surface area (Å²) < 4.78 is 2.84. The Balaban J connectivity index is 2.43. The van der Waals surface area contributed by atoms with Gasteiger partial charge in [-0.1, -0.05) is 61.1 Å². The van der Waals surface area contributed by atoms with Crippen molar-refractivity contribution in [2.75, 3.05) is 0 Å². The van der Waals surface area contributed by atoms with Crippen molar-refractivity contribution in [2.45, 2.75) is 6.10 Å². The molecule has 6 heteroatoms. The van der Waals surface area contributed by atoms with Crippen LogP contribution in [0.3, 0.4) is 0 Å². The van der Waals surface area contributed by atoms with Crippen LogP contribution >= 0.6 is 66.4 Å². The quantitative estimate of drug-likeness (QED) is 0.669. The summed E-state index contributed by atoms with van der Waals surface area (Å²) in [7, 11) is 0. The molecule has 17 heavy (non-hydrogen) atoms. The highest BCUT2D eigenvalue weighted by Gasteiger charge is 2.19. The molecule has 1 unspecified atom stereocenters. The lowest BCUT2D eigenvalue weighted by atomic mass is 10.0. The molecule has 0 fully saturated rings. The molecule has 0 saturated heterocycles. The van der Waals surface area contributed by atoms with Gasteiger partial charge in [-0.15, -0.1) is 11.3 Å². The van der Waals surface area contributed by atoms with E-state index in [0.29, 0.717) is 14.2 Å². The summed E-state index contributed by atoms with van der Waals surface area (Å²) in [6.45, 7) is 0. The van der Waals surface area contributed by atoms with E-state index in [9.17, 15) is 5.11 Å². The Morgan fingerprint density at radius 1 is 1.12 bits per heavy atom. The first-order valence-corrected chi connectivity index (χ1v) is 7.72. The van der Waals surface area contributed by atoms with Crippen LogP contribution in [0.5, 0.6) is 0 Å². The lowest BCUT2D eigenvalue weighted by Crippen LogP contribution is -1.99. The minimum Gasteiger partial charge on any atom is -0.384 e. The van der Waals surface area contributed by atoms with Crippen LogP contribution in [0.25, 0.3) is 0 Å².